The molecule has 0 amide bonds. The predicted octanol–water partition coefficient (Wildman–Crippen LogP) is 2.21. The molecule has 0 aliphatic rings. The van der Waals surface area contributed by atoms with Crippen molar-refractivity contribution >= 4 is 0 Å². The van der Waals surface area contributed by atoms with Crippen LogP contribution in [0.3, 0.4) is 0 Å². The lowest BCUT2D eigenvalue weighted by Crippen LogP contribution is -2.10. The zero-order chi connectivity index (χ0) is 9.40. The molecule has 12 heavy (non-hydrogen) atoms. The van der Waals surface area contributed by atoms with Crippen molar-refractivity contribution in [2.75, 3.05) is 13.7 Å². The van der Waals surface area contributed by atoms with Crippen LogP contribution >= 0.6 is 0 Å². The lowest BCUT2D eigenvalue weighted by Gasteiger charge is -2.12. The number of hydrogen-bond donors (Lipinski definition) is 1. The molecule has 1 atom stereocenters. The maximum Gasteiger partial charge on any atom is 0.0542 e. The van der Waals surface area contributed by atoms with E-state index in [0.29, 0.717) is 5.92 Å². The van der Waals surface area contributed by atoms with E-state index in [1.807, 2.05) is 0 Å². The largest absolute Gasteiger partial charge is 0.393 e. The number of aliphatic hydroxyl groups excluding tert-OH is 1. The number of unbranched alkanes of at least 4 members (excludes halogenated alkanes) is 1. The molecular weight excluding hydrogens is 152 g/mol. The van der Waals surface area contributed by atoms with E-state index in [4.69, 9.17) is 4.74 Å². The fourth-order valence-electron chi connectivity index (χ4n) is 1.29. The van der Waals surface area contributed by atoms with Gasteiger partial charge in [-0.05, 0) is 31.6 Å². The van der Waals surface area contributed by atoms with Crippen LogP contribution in [0, 0.1) is 5.92 Å². The second-order valence-corrected chi connectivity index (χ2v) is 3.77. The van der Waals surface area contributed by atoms with Crippen molar-refractivity contribution in [1.82, 2.24) is 0 Å². The molecule has 0 saturated heterocycles. The molecule has 0 radical (unpaired) electrons. The molecule has 0 aliphatic carbocycles. The minimum Gasteiger partial charge on any atom is -0.393 e. The summed E-state index contributed by atoms with van der Waals surface area (Å²) < 4.78 is 4.92. The molecular formula is C10H22O2. The first kappa shape index (κ1) is 11.9. The van der Waals surface area contributed by atoms with Gasteiger partial charge in [0.15, 0.2) is 0 Å². The van der Waals surface area contributed by atoms with Gasteiger partial charge in [-0.2, -0.15) is 0 Å². The lowest BCUT2D eigenvalue weighted by atomic mass is 10.0. The number of rotatable bonds is 7. The Morgan fingerprint density at radius 2 is 1.92 bits per heavy atom. The van der Waals surface area contributed by atoms with Gasteiger partial charge in [0.1, 0.15) is 0 Å². The lowest BCUT2D eigenvalue weighted by molar-refractivity contribution is 0.129. The topological polar surface area (TPSA) is 29.5 Å². The molecule has 0 fully saturated rings. The molecule has 0 aromatic carbocycles. The van der Waals surface area contributed by atoms with Gasteiger partial charge in [-0.25, -0.2) is 0 Å². The first-order chi connectivity index (χ1) is 5.66. The summed E-state index contributed by atoms with van der Waals surface area (Å²) in [6, 6.07) is 0. The number of hydrogen-bond acceptors (Lipinski definition) is 2. The van der Waals surface area contributed by atoms with E-state index >= 15 is 0 Å². The van der Waals surface area contributed by atoms with Crippen LogP contribution in [-0.2, 0) is 4.74 Å². The van der Waals surface area contributed by atoms with Crippen LogP contribution < -0.4 is 0 Å². The zero-order valence-electron chi connectivity index (χ0n) is 8.55. The highest BCUT2D eigenvalue weighted by atomic mass is 16.5. The Morgan fingerprint density at radius 1 is 1.25 bits per heavy atom. The van der Waals surface area contributed by atoms with Crippen LogP contribution in [0.15, 0.2) is 0 Å². The number of ether oxygens (including phenoxy) is 1. The first-order valence-electron chi connectivity index (χ1n) is 4.83. The van der Waals surface area contributed by atoms with Gasteiger partial charge in [0, 0.05) is 13.7 Å². The summed E-state index contributed by atoms with van der Waals surface area (Å²) in [6.45, 7) is 5.09. The number of methoxy groups -OCH3 is 1. The van der Waals surface area contributed by atoms with Crippen LogP contribution in [-0.4, -0.2) is 24.9 Å². The van der Waals surface area contributed by atoms with Gasteiger partial charge < -0.3 is 9.84 Å². The third-order valence-corrected chi connectivity index (χ3v) is 1.88. The smallest absolute Gasteiger partial charge is 0.0542 e. The quantitative estimate of drug-likeness (QED) is 0.600. The molecule has 2 heteroatoms. The Kier molecular flexibility index (Phi) is 7.51. The molecule has 0 saturated carbocycles. The highest BCUT2D eigenvalue weighted by Gasteiger charge is 2.05. The van der Waals surface area contributed by atoms with Gasteiger partial charge in [-0.3, -0.25) is 0 Å². The minimum absolute atomic E-state index is 0.109. The standard InChI is InChI=1S/C10H22O2/c1-9(2)8-10(11)6-4-5-7-12-3/h9-11H,4-8H2,1-3H3. The maximum absolute atomic E-state index is 9.48. The van der Waals surface area contributed by atoms with Crippen LogP contribution in [0.25, 0.3) is 0 Å². The molecule has 0 spiro atoms. The Bertz CT molecular complexity index is 91.8. The summed E-state index contributed by atoms with van der Waals surface area (Å²) >= 11 is 0. The molecule has 1 unspecified atom stereocenters. The molecule has 2 nitrogen and oxygen atoms in total. The monoisotopic (exact) mass is 174 g/mol. The van der Waals surface area contributed by atoms with Gasteiger partial charge in [0.2, 0.25) is 0 Å². The van der Waals surface area contributed by atoms with E-state index in [2.05, 4.69) is 13.8 Å². The summed E-state index contributed by atoms with van der Waals surface area (Å²) in [5, 5.41) is 9.48. The molecule has 0 rings (SSSR count). The molecule has 0 aromatic rings. The molecule has 1 N–H and O–H groups in total. The zero-order valence-corrected chi connectivity index (χ0v) is 8.55. The van der Waals surface area contributed by atoms with Gasteiger partial charge in [-0.1, -0.05) is 13.8 Å². The number of aliphatic hydroxyl groups is 1. The predicted molar refractivity (Wildman–Crippen MR) is 51.2 cm³/mol. The van der Waals surface area contributed by atoms with Gasteiger partial charge >= 0.3 is 0 Å². The Balaban J connectivity index is 3.14. The van der Waals surface area contributed by atoms with Crippen LogP contribution in [0.4, 0.5) is 0 Å². The average Bonchev–Trinajstić information content (AvgIpc) is 1.97. The second-order valence-electron chi connectivity index (χ2n) is 3.77. The van der Waals surface area contributed by atoms with E-state index < -0.39 is 0 Å². The highest BCUT2D eigenvalue weighted by molar-refractivity contribution is 4.58. The maximum atomic E-state index is 9.48. The molecule has 0 aromatic heterocycles. The molecule has 0 aliphatic heterocycles. The summed E-state index contributed by atoms with van der Waals surface area (Å²) in [7, 11) is 1.71. The van der Waals surface area contributed by atoms with Crippen LogP contribution in [0.1, 0.15) is 39.5 Å². The summed E-state index contributed by atoms with van der Waals surface area (Å²) in [4.78, 5) is 0. The van der Waals surface area contributed by atoms with Crippen molar-refractivity contribution in [3.63, 3.8) is 0 Å². The third kappa shape index (κ3) is 8.02. The van der Waals surface area contributed by atoms with E-state index in [1.54, 1.807) is 7.11 Å². The molecule has 74 valence electrons. The van der Waals surface area contributed by atoms with E-state index in [0.717, 1.165) is 32.3 Å². The fraction of sp³-hybridized carbons (Fsp3) is 1.00. The van der Waals surface area contributed by atoms with Crippen molar-refractivity contribution < 1.29 is 9.84 Å². The summed E-state index contributed by atoms with van der Waals surface area (Å²) in [6.07, 6.45) is 3.86. The Morgan fingerprint density at radius 3 is 2.42 bits per heavy atom. The average molecular weight is 174 g/mol. The van der Waals surface area contributed by atoms with Crippen molar-refractivity contribution in [2.45, 2.75) is 45.6 Å². The first-order valence-corrected chi connectivity index (χ1v) is 4.83. The van der Waals surface area contributed by atoms with Crippen molar-refractivity contribution in [2.24, 2.45) is 5.92 Å². The summed E-state index contributed by atoms with van der Waals surface area (Å²) in [5.74, 6) is 0.599. The van der Waals surface area contributed by atoms with Gasteiger partial charge in [-0.15, -0.1) is 0 Å². The molecule has 0 heterocycles. The van der Waals surface area contributed by atoms with Crippen molar-refractivity contribution in [1.29, 1.82) is 0 Å². The Labute approximate surface area is 75.9 Å². The second kappa shape index (κ2) is 7.56. The normalized spacial score (nSPS) is 13.8. The minimum atomic E-state index is -0.109. The Hall–Kier alpha value is -0.0800. The molecule has 0 bridgehead atoms. The summed E-state index contributed by atoms with van der Waals surface area (Å²) in [5.41, 5.74) is 0. The van der Waals surface area contributed by atoms with E-state index in [9.17, 15) is 5.11 Å². The fourth-order valence-corrected chi connectivity index (χ4v) is 1.29. The van der Waals surface area contributed by atoms with Gasteiger partial charge in [0.25, 0.3) is 0 Å². The highest BCUT2D eigenvalue weighted by Crippen LogP contribution is 2.10. The van der Waals surface area contributed by atoms with Crippen molar-refractivity contribution in [3.8, 4) is 0 Å². The van der Waals surface area contributed by atoms with Crippen LogP contribution in [0.5, 0.6) is 0 Å². The van der Waals surface area contributed by atoms with Crippen molar-refractivity contribution in [3.05, 3.63) is 0 Å². The van der Waals surface area contributed by atoms with Gasteiger partial charge in [0.05, 0.1) is 6.10 Å². The van der Waals surface area contributed by atoms with E-state index in [-0.39, 0.29) is 6.10 Å². The van der Waals surface area contributed by atoms with E-state index in [1.165, 1.54) is 0 Å². The SMILES string of the molecule is COCCCCC(O)CC(C)C. The van der Waals surface area contributed by atoms with Crippen LogP contribution in [0.2, 0.25) is 0 Å². The third-order valence-electron chi connectivity index (χ3n) is 1.88.